The molecule has 2 amide bonds. The van der Waals surface area contributed by atoms with E-state index in [1.165, 1.54) is 0 Å². The van der Waals surface area contributed by atoms with E-state index in [-0.39, 0.29) is 29.5 Å². The highest BCUT2D eigenvalue weighted by Gasteiger charge is 2.34. The van der Waals surface area contributed by atoms with Crippen LogP contribution in [0.4, 0.5) is 0 Å². The molecule has 2 saturated heterocycles. The molecule has 1 aromatic rings. The van der Waals surface area contributed by atoms with Crippen molar-refractivity contribution in [2.75, 3.05) is 31.9 Å². The molecule has 1 N–H and O–H groups in total. The SMILES string of the molecule is CCCCS(=O)(=O)N1CCC(C(=O)N2CCC(NC(=O)c3ccccc3C)CC2)CC1. The number of piperidine rings is 2. The van der Waals surface area contributed by atoms with Crippen LogP contribution in [-0.4, -0.2) is 67.4 Å². The second kappa shape index (κ2) is 10.6. The number of nitrogens with one attached hydrogen (secondary N) is 1. The molecule has 2 heterocycles. The van der Waals surface area contributed by atoms with Crippen LogP contribution in [0.5, 0.6) is 0 Å². The van der Waals surface area contributed by atoms with E-state index in [1.807, 2.05) is 43.0 Å². The molecule has 0 spiro atoms. The van der Waals surface area contributed by atoms with Crippen molar-refractivity contribution in [1.29, 1.82) is 0 Å². The molecule has 0 aliphatic carbocycles. The molecule has 0 aromatic heterocycles. The molecule has 8 heteroatoms. The molecule has 2 fully saturated rings. The molecular weight excluding hydrogens is 414 g/mol. The first-order chi connectivity index (χ1) is 14.8. The molecular formula is C23H35N3O4S. The number of hydrogen-bond donors (Lipinski definition) is 1. The largest absolute Gasteiger partial charge is 0.349 e. The third-order valence-electron chi connectivity index (χ3n) is 6.48. The molecule has 0 unspecified atom stereocenters. The smallest absolute Gasteiger partial charge is 0.251 e. The van der Waals surface area contributed by atoms with Gasteiger partial charge in [0.1, 0.15) is 0 Å². The Hall–Kier alpha value is -1.93. The van der Waals surface area contributed by atoms with Gasteiger partial charge < -0.3 is 10.2 Å². The van der Waals surface area contributed by atoms with Gasteiger partial charge in [0.2, 0.25) is 15.9 Å². The summed E-state index contributed by atoms with van der Waals surface area (Å²) in [7, 11) is -3.20. The van der Waals surface area contributed by atoms with Gasteiger partial charge in [-0.2, -0.15) is 0 Å². The Bertz CT molecular complexity index is 871. The zero-order valence-corrected chi connectivity index (χ0v) is 19.5. The van der Waals surface area contributed by atoms with Gasteiger partial charge in [-0.3, -0.25) is 9.59 Å². The highest BCUT2D eigenvalue weighted by Crippen LogP contribution is 2.24. The van der Waals surface area contributed by atoms with Crippen molar-refractivity contribution in [3.05, 3.63) is 35.4 Å². The zero-order chi connectivity index (χ0) is 22.4. The summed E-state index contributed by atoms with van der Waals surface area (Å²) >= 11 is 0. The highest BCUT2D eigenvalue weighted by atomic mass is 32.2. The number of unbranched alkanes of at least 4 members (excludes halogenated alkanes) is 1. The number of rotatable bonds is 7. The van der Waals surface area contributed by atoms with Crippen molar-refractivity contribution in [3.8, 4) is 0 Å². The van der Waals surface area contributed by atoms with Gasteiger partial charge in [-0.15, -0.1) is 0 Å². The maximum atomic E-state index is 12.9. The first kappa shape index (κ1) is 23.7. The number of carbonyl (C=O) groups excluding carboxylic acids is 2. The summed E-state index contributed by atoms with van der Waals surface area (Å²) in [5.41, 5.74) is 1.65. The average molecular weight is 450 g/mol. The number of nitrogens with zero attached hydrogens (tertiary/aromatic N) is 2. The second-order valence-corrected chi connectivity index (χ2v) is 10.8. The molecule has 0 bridgehead atoms. The Balaban J connectivity index is 1.44. The number of likely N-dealkylation sites (tertiary alicyclic amines) is 1. The van der Waals surface area contributed by atoms with Crippen LogP contribution in [0.3, 0.4) is 0 Å². The normalized spacial score (nSPS) is 19.4. The Kier molecular flexibility index (Phi) is 8.11. The Morgan fingerprint density at radius 3 is 2.29 bits per heavy atom. The van der Waals surface area contributed by atoms with Crippen molar-refractivity contribution >= 4 is 21.8 Å². The predicted octanol–water partition coefficient (Wildman–Crippen LogP) is 2.56. The lowest BCUT2D eigenvalue weighted by atomic mass is 9.94. The Morgan fingerprint density at radius 2 is 1.68 bits per heavy atom. The lowest BCUT2D eigenvalue weighted by Gasteiger charge is -2.37. The van der Waals surface area contributed by atoms with Crippen LogP contribution in [0.1, 0.15) is 61.4 Å². The fraction of sp³-hybridized carbons (Fsp3) is 0.652. The van der Waals surface area contributed by atoms with Gasteiger partial charge in [0.25, 0.3) is 5.91 Å². The number of hydrogen-bond acceptors (Lipinski definition) is 4. The predicted molar refractivity (Wildman–Crippen MR) is 121 cm³/mol. The third-order valence-corrected chi connectivity index (χ3v) is 8.44. The van der Waals surface area contributed by atoms with Gasteiger partial charge in [0.15, 0.2) is 0 Å². The van der Waals surface area contributed by atoms with Crippen molar-refractivity contribution in [3.63, 3.8) is 0 Å². The van der Waals surface area contributed by atoms with Crippen molar-refractivity contribution in [1.82, 2.24) is 14.5 Å². The molecule has 3 rings (SSSR count). The molecule has 0 atom stereocenters. The van der Waals surface area contributed by atoms with E-state index in [9.17, 15) is 18.0 Å². The lowest BCUT2D eigenvalue weighted by molar-refractivity contribution is -0.137. The maximum Gasteiger partial charge on any atom is 0.251 e. The molecule has 0 radical (unpaired) electrons. The van der Waals surface area contributed by atoms with Crippen LogP contribution in [0.15, 0.2) is 24.3 Å². The minimum Gasteiger partial charge on any atom is -0.349 e. The monoisotopic (exact) mass is 449 g/mol. The fourth-order valence-corrected chi connectivity index (χ4v) is 6.11. The Morgan fingerprint density at radius 1 is 1.03 bits per heavy atom. The van der Waals surface area contributed by atoms with E-state index in [4.69, 9.17) is 0 Å². The standard InChI is InChI=1S/C23H35N3O4S/c1-3-4-17-31(29,30)26-15-9-19(10-16-26)23(28)25-13-11-20(12-14-25)24-22(27)21-8-6-5-7-18(21)2/h5-8,19-20H,3-4,9-17H2,1-2H3,(H,24,27). The van der Waals surface area contributed by atoms with Crippen LogP contribution in [-0.2, 0) is 14.8 Å². The van der Waals surface area contributed by atoms with E-state index >= 15 is 0 Å². The number of benzene rings is 1. The van der Waals surface area contributed by atoms with Crippen molar-refractivity contribution in [2.24, 2.45) is 5.92 Å². The summed E-state index contributed by atoms with van der Waals surface area (Å²) in [5, 5.41) is 3.10. The van der Waals surface area contributed by atoms with Gasteiger partial charge in [0.05, 0.1) is 5.75 Å². The fourth-order valence-electron chi connectivity index (χ4n) is 4.43. The molecule has 1 aromatic carbocycles. The van der Waals surface area contributed by atoms with Gasteiger partial charge >= 0.3 is 0 Å². The van der Waals surface area contributed by atoms with Crippen LogP contribution in [0.25, 0.3) is 0 Å². The number of amides is 2. The molecule has 2 aliphatic heterocycles. The summed E-state index contributed by atoms with van der Waals surface area (Å²) in [4.78, 5) is 27.4. The Labute approximate surface area is 186 Å². The minimum atomic E-state index is -3.20. The van der Waals surface area contributed by atoms with Gasteiger partial charge in [-0.25, -0.2) is 12.7 Å². The zero-order valence-electron chi connectivity index (χ0n) is 18.7. The van der Waals surface area contributed by atoms with E-state index in [0.29, 0.717) is 51.0 Å². The number of sulfonamides is 1. The van der Waals surface area contributed by atoms with Crippen LogP contribution >= 0.6 is 0 Å². The van der Waals surface area contributed by atoms with Crippen molar-refractivity contribution in [2.45, 2.75) is 58.4 Å². The third kappa shape index (κ3) is 6.07. The quantitative estimate of drug-likeness (QED) is 0.693. The van der Waals surface area contributed by atoms with E-state index < -0.39 is 10.0 Å². The van der Waals surface area contributed by atoms with E-state index in [2.05, 4.69) is 5.32 Å². The highest BCUT2D eigenvalue weighted by molar-refractivity contribution is 7.89. The molecule has 172 valence electrons. The maximum absolute atomic E-state index is 12.9. The molecule has 7 nitrogen and oxygen atoms in total. The van der Waals surface area contributed by atoms with Crippen molar-refractivity contribution < 1.29 is 18.0 Å². The topological polar surface area (TPSA) is 86.8 Å². The summed E-state index contributed by atoms with van der Waals surface area (Å²) in [6.07, 6.45) is 4.20. The average Bonchev–Trinajstić information content (AvgIpc) is 2.78. The lowest BCUT2D eigenvalue weighted by Crippen LogP contribution is -2.50. The van der Waals surface area contributed by atoms with E-state index in [1.54, 1.807) is 4.31 Å². The molecule has 2 aliphatic rings. The summed E-state index contributed by atoms with van der Waals surface area (Å²) in [5.74, 6) is 0.175. The molecule has 0 saturated carbocycles. The first-order valence-corrected chi connectivity index (χ1v) is 13.1. The molecule has 31 heavy (non-hydrogen) atoms. The number of aryl methyl sites for hydroxylation is 1. The van der Waals surface area contributed by atoms with Gasteiger partial charge in [0, 0.05) is 43.7 Å². The van der Waals surface area contributed by atoms with E-state index in [0.717, 1.165) is 24.8 Å². The summed E-state index contributed by atoms with van der Waals surface area (Å²) in [6, 6.07) is 7.61. The first-order valence-electron chi connectivity index (χ1n) is 11.4. The van der Waals surface area contributed by atoms with Gasteiger partial charge in [-0.1, -0.05) is 31.5 Å². The van der Waals surface area contributed by atoms with Crippen LogP contribution < -0.4 is 5.32 Å². The summed E-state index contributed by atoms with van der Waals surface area (Å²) in [6.45, 7) is 6.05. The minimum absolute atomic E-state index is 0.0560. The van der Waals surface area contributed by atoms with Crippen LogP contribution in [0.2, 0.25) is 0 Å². The second-order valence-electron chi connectivity index (χ2n) is 8.73. The van der Waals surface area contributed by atoms with Crippen LogP contribution in [0, 0.1) is 12.8 Å². The number of carbonyl (C=O) groups is 2. The summed E-state index contributed by atoms with van der Waals surface area (Å²) < 4.78 is 26.3. The van der Waals surface area contributed by atoms with Gasteiger partial charge in [-0.05, 0) is 50.7 Å².